The largest absolute Gasteiger partial charge is 0.487 e. The Morgan fingerprint density at radius 2 is 2.14 bits per heavy atom. The van der Waals surface area contributed by atoms with Gasteiger partial charge in [-0.1, -0.05) is 32.0 Å². The van der Waals surface area contributed by atoms with E-state index in [4.69, 9.17) is 10.5 Å². The average molecular weight is 288 g/mol. The molecule has 1 aromatic carbocycles. The number of ether oxygens (including phenoxy) is 1. The van der Waals surface area contributed by atoms with Crippen LogP contribution in [0.1, 0.15) is 51.3 Å². The van der Waals surface area contributed by atoms with Gasteiger partial charge in [-0.15, -0.1) is 0 Å². The SMILES string of the molecule is CC(C)CN1CCC(N)C1c1cccc2c1OC(C)(C)C2. The lowest BCUT2D eigenvalue weighted by Gasteiger charge is -2.30. The van der Waals surface area contributed by atoms with Gasteiger partial charge in [0.1, 0.15) is 11.4 Å². The Morgan fingerprint density at radius 3 is 2.86 bits per heavy atom. The van der Waals surface area contributed by atoms with Gasteiger partial charge in [0.15, 0.2) is 0 Å². The Kier molecular flexibility index (Phi) is 3.74. The fourth-order valence-corrected chi connectivity index (χ4v) is 3.86. The minimum absolute atomic E-state index is 0.0932. The predicted octanol–water partition coefficient (Wildman–Crippen LogP) is 3.13. The van der Waals surface area contributed by atoms with Gasteiger partial charge in [0, 0.05) is 31.1 Å². The molecule has 21 heavy (non-hydrogen) atoms. The van der Waals surface area contributed by atoms with Crippen LogP contribution in [0.3, 0.4) is 0 Å². The molecule has 2 N–H and O–H groups in total. The lowest BCUT2D eigenvalue weighted by Crippen LogP contribution is -2.34. The normalized spacial score (nSPS) is 27.9. The third-order valence-corrected chi connectivity index (χ3v) is 4.59. The Bertz CT molecular complexity index is 524. The van der Waals surface area contributed by atoms with E-state index in [2.05, 4.69) is 50.8 Å². The number of nitrogens with zero attached hydrogens (tertiary/aromatic N) is 1. The van der Waals surface area contributed by atoms with Crippen molar-refractivity contribution in [3.05, 3.63) is 29.3 Å². The Hall–Kier alpha value is -1.06. The highest BCUT2D eigenvalue weighted by molar-refractivity contribution is 5.48. The molecular formula is C18H28N2O. The van der Waals surface area contributed by atoms with Crippen molar-refractivity contribution in [3.63, 3.8) is 0 Å². The van der Waals surface area contributed by atoms with Gasteiger partial charge in [-0.05, 0) is 31.7 Å². The summed E-state index contributed by atoms with van der Waals surface area (Å²) in [7, 11) is 0. The molecule has 0 aliphatic carbocycles. The zero-order chi connectivity index (χ0) is 15.2. The van der Waals surface area contributed by atoms with Gasteiger partial charge in [0.2, 0.25) is 0 Å². The molecule has 2 aliphatic heterocycles. The summed E-state index contributed by atoms with van der Waals surface area (Å²) >= 11 is 0. The monoisotopic (exact) mass is 288 g/mol. The number of para-hydroxylation sites is 1. The molecule has 2 atom stereocenters. The van der Waals surface area contributed by atoms with E-state index in [1.54, 1.807) is 0 Å². The van der Waals surface area contributed by atoms with Crippen LogP contribution in [0.25, 0.3) is 0 Å². The van der Waals surface area contributed by atoms with Crippen molar-refractivity contribution in [2.24, 2.45) is 11.7 Å². The Morgan fingerprint density at radius 1 is 1.38 bits per heavy atom. The number of benzene rings is 1. The molecule has 3 heteroatoms. The average Bonchev–Trinajstić information content (AvgIpc) is 2.87. The van der Waals surface area contributed by atoms with Crippen LogP contribution in [-0.2, 0) is 6.42 Å². The molecule has 2 unspecified atom stereocenters. The number of nitrogens with two attached hydrogens (primary N) is 1. The third kappa shape index (κ3) is 2.82. The quantitative estimate of drug-likeness (QED) is 0.928. The topological polar surface area (TPSA) is 38.5 Å². The lowest BCUT2D eigenvalue weighted by molar-refractivity contribution is 0.132. The second kappa shape index (κ2) is 5.29. The van der Waals surface area contributed by atoms with Crippen molar-refractivity contribution >= 4 is 0 Å². The maximum absolute atomic E-state index is 6.44. The van der Waals surface area contributed by atoms with Crippen LogP contribution in [0.4, 0.5) is 0 Å². The fourth-order valence-electron chi connectivity index (χ4n) is 3.86. The van der Waals surface area contributed by atoms with Gasteiger partial charge < -0.3 is 10.5 Å². The van der Waals surface area contributed by atoms with Crippen molar-refractivity contribution in [2.75, 3.05) is 13.1 Å². The number of rotatable bonds is 3. The first-order valence-corrected chi connectivity index (χ1v) is 8.18. The van der Waals surface area contributed by atoms with E-state index in [9.17, 15) is 0 Å². The highest BCUT2D eigenvalue weighted by Gasteiger charge is 2.39. The van der Waals surface area contributed by atoms with Crippen LogP contribution < -0.4 is 10.5 Å². The Balaban J connectivity index is 1.95. The fraction of sp³-hybridized carbons (Fsp3) is 0.667. The number of fused-ring (bicyclic) bond motifs is 1. The molecule has 116 valence electrons. The summed E-state index contributed by atoms with van der Waals surface area (Å²) in [5.41, 5.74) is 8.98. The summed E-state index contributed by atoms with van der Waals surface area (Å²) < 4.78 is 6.26. The molecule has 3 rings (SSSR count). The van der Waals surface area contributed by atoms with Gasteiger partial charge >= 0.3 is 0 Å². The van der Waals surface area contributed by atoms with E-state index < -0.39 is 0 Å². The smallest absolute Gasteiger partial charge is 0.128 e. The highest BCUT2D eigenvalue weighted by Crippen LogP contribution is 2.44. The first-order valence-electron chi connectivity index (χ1n) is 8.18. The van der Waals surface area contributed by atoms with Crippen LogP contribution >= 0.6 is 0 Å². The van der Waals surface area contributed by atoms with Crippen LogP contribution in [0, 0.1) is 5.92 Å². The second-order valence-electron chi connectivity index (χ2n) is 7.66. The van der Waals surface area contributed by atoms with Crippen molar-refractivity contribution in [3.8, 4) is 5.75 Å². The minimum Gasteiger partial charge on any atom is -0.487 e. The summed E-state index contributed by atoms with van der Waals surface area (Å²) in [5.74, 6) is 1.76. The molecule has 3 nitrogen and oxygen atoms in total. The second-order valence-corrected chi connectivity index (χ2v) is 7.66. The number of hydrogen-bond donors (Lipinski definition) is 1. The predicted molar refractivity (Wildman–Crippen MR) is 86.6 cm³/mol. The molecule has 0 aromatic heterocycles. The van der Waals surface area contributed by atoms with Crippen molar-refractivity contribution in [1.82, 2.24) is 4.90 Å². The minimum atomic E-state index is -0.0932. The third-order valence-electron chi connectivity index (χ3n) is 4.59. The summed E-state index contributed by atoms with van der Waals surface area (Å²) in [4.78, 5) is 2.54. The van der Waals surface area contributed by atoms with Gasteiger partial charge in [0.05, 0.1) is 6.04 Å². The summed E-state index contributed by atoms with van der Waals surface area (Å²) in [6, 6.07) is 7.08. The molecule has 1 fully saturated rings. The molecule has 2 aliphatic rings. The van der Waals surface area contributed by atoms with Crippen molar-refractivity contribution in [2.45, 2.75) is 58.2 Å². The van der Waals surface area contributed by atoms with Gasteiger partial charge in [0.25, 0.3) is 0 Å². The molecule has 1 aromatic rings. The first kappa shape index (κ1) is 14.9. The summed E-state index contributed by atoms with van der Waals surface area (Å²) in [6.07, 6.45) is 2.06. The molecule has 0 spiro atoms. The molecule has 0 saturated carbocycles. The van der Waals surface area contributed by atoms with Gasteiger partial charge in [-0.25, -0.2) is 0 Å². The van der Waals surface area contributed by atoms with Crippen molar-refractivity contribution < 1.29 is 4.74 Å². The van der Waals surface area contributed by atoms with E-state index in [0.717, 1.165) is 31.7 Å². The standard InChI is InChI=1S/C18H28N2O/c1-12(2)11-20-9-8-15(19)16(20)14-7-5-6-13-10-18(3,4)21-17(13)14/h5-7,12,15-16H,8-11,19H2,1-4H3. The number of likely N-dealkylation sites (tertiary alicyclic amines) is 1. The lowest BCUT2D eigenvalue weighted by atomic mass is 9.95. The highest BCUT2D eigenvalue weighted by atomic mass is 16.5. The first-order chi connectivity index (χ1) is 9.87. The maximum Gasteiger partial charge on any atom is 0.128 e. The number of hydrogen-bond acceptors (Lipinski definition) is 3. The molecule has 0 bridgehead atoms. The zero-order valence-corrected chi connectivity index (χ0v) is 13.7. The Labute approximate surface area is 128 Å². The van der Waals surface area contributed by atoms with Crippen LogP contribution in [0.2, 0.25) is 0 Å². The zero-order valence-electron chi connectivity index (χ0n) is 13.7. The summed E-state index contributed by atoms with van der Waals surface area (Å²) in [6.45, 7) is 11.1. The van der Waals surface area contributed by atoms with Crippen LogP contribution in [0.15, 0.2) is 18.2 Å². The van der Waals surface area contributed by atoms with E-state index in [1.807, 2.05) is 0 Å². The van der Waals surface area contributed by atoms with Crippen LogP contribution in [-0.4, -0.2) is 29.6 Å². The molecular weight excluding hydrogens is 260 g/mol. The maximum atomic E-state index is 6.44. The van der Waals surface area contributed by atoms with E-state index >= 15 is 0 Å². The molecule has 0 amide bonds. The van der Waals surface area contributed by atoms with E-state index in [1.165, 1.54) is 11.1 Å². The summed E-state index contributed by atoms with van der Waals surface area (Å²) in [5, 5.41) is 0. The van der Waals surface area contributed by atoms with E-state index in [0.29, 0.717) is 12.0 Å². The van der Waals surface area contributed by atoms with E-state index in [-0.39, 0.29) is 11.6 Å². The molecule has 2 heterocycles. The van der Waals surface area contributed by atoms with Crippen molar-refractivity contribution in [1.29, 1.82) is 0 Å². The van der Waals surface area contributed by atoms with Crippen LogP contribution in [0.5, 0.6) is 5.75 Å². The molecule has 1 saturated heterocycles. The molecule has 0 radical (unpaired) electrons. The van der Waals surface area contributed by atoms with Gasteiger partial charge in [-0.2, -0.15) is 0 Å². The van der Waals surface area contributed by atoms with Gasteiger partial charge in [-0.3, -0.25) is 4.90 Å².